The van der Waals surface area contributed by atoms with Crippen molar-refractivity contribution >= 4 is 38.9 Å². The van der Waals surface area contributed by atoms with E-state index in [4.69, 9.17) is 0 Å². The highest BCUT2D eigenvalue weighted by Crippen LogP contribution is 2.30. The van der Waals surface area contributed by atoms with E-state index in [-0.39, 0.29) is 18.4 Å². The van der Waals surface area contributed by atoms with Crippen molar-refractivity contribution in [2.75, 3.05) is 34.4 Å². The van der Waals surface area contributed by atoms with Crippen LogP contribution in [-0.2, 0) is 14.8 Å². The van der Waals surface area contributed by atoms with Crippen LogP contribution in [0, 0.1) is 0 Å². The number of anilines is 3. The minimum Gasteiger partial charge on any atom is -0.323 e. The maximum atomic E-state index is 12.9. The van der Waals surface area contributed by atoms with Gasteiger partial charge in [-0.1, -0.05) is 18.2 Å². The smallest absolute Gasteiger partial charge is 0.258 e. The van der Waals surface area contributed by atoms with Crippen molar-refractivity contribution in [3.63, 3.8) is 0 Å². The molecule has 2 amide bonds. The molecule has 130 valence electrons. The van der Waals surface area contributed by atoms with Gasteiger partial charge in [0.05, 0.1) is 23.3 Å². The Kier molecular flexibility index (Phi) is 4.22. The molecule has 0 saturated heterocycles. The lowest BCUT2D eigenvalue weighted by atomic mass is 10.1. The van der Waals surface area contributed by atoms with Gasteiger partial charge in [0.2, 0.25) is 15.9 Å². The zero-order chi connectivity index (χ0) is 18.2. The van der Waals surface area contributed by atoms with Gasteiger partial charge in [-0.3, -0.25) is 18.8 Å². The minimum atomic E-state index is -3.44. The van der Waals surface area contributed by atoms with Crippen LogP contribution in [0.4, 0.5) is 17.1 Å². The summed E-state index contributed by atoms with van der Waals surface area (Å²) in [6.45, 7) is -0.0952. The van der Waals surface area contributed by atoms with Gasteiger partial charge < -0.3 is 5.32 Å². The van der Waals surface area contributed by atoms with E-state index in [9.17, 15) is 18.0 Å². The average Bonchev–Trinajstić information content (AvgIpc) is 2.59. The number of rotatable bonds is 3. The lowest BCUT2D eigenvalue weighted by molar-refractivity contribution is -0.115. The molecule has 1 aliphatic rings. The highest BCUT2D eigenvalue weighted by Gasteiger charge is 2.27. The predicted octanol–water partition coefficient (Wildman–Crippen LogP) is 1.68. The molecule has 8 heteroatoms. The first-order chi connectivity index (χ1) is 11.8. The number of carbonyl (C=O) groups is 2. The standard InChI is InChI=1S/C17H17N3O4S/c1-19(25(2,23)24)13-7-5-6-12(10-13)17(22)20-11-16(21)18-14-8-3-4-9-15(14)20/h3-10H,11H2,1-2H3,(H,18,21). The number of amides is 2. The molecule has 0 radical (unpaired) electrons. The van der Waals surface area contributed by atoms with E-state index in [1.54, 1.807) is 42.5 Å². The Labute approximate surface area is 145 Å². The van der Waals surface area contributed by atoms with Gasteiger partial charge in [0, 0.05) is 12.6 Å². The average molecular weight is 359 g/mol. The lowest BCUT2D eigenvalue weighted by Gasteiger charge is -2.29. The lowest BCUT2D eigenvalue weighted by Crippen LogP contribution is -2.42. The van der Waals surface area contributed by atoms with Gasteiger partial charge >= 0.3 is 0 Å². The third-order valence-electron chi connectivity index (χ3n) is 3.97. The zero-order valence-corrected chi connectivity index (χ0v) is 14.6. The summed E-state index contributed by atoms with van der Waals surface area (Å²) in [5.74, 6) is -0.650. The summed E-state index contributed by atoms with van der Waals surface area (Å²) < 4.78 is 24.5. The molecule has 0 saturated carbocycles. The number of sulfonamides is 1. The van der Waals surface area contributed by atoms with Gasteiger partial charge in [-0.2, -0.15) is 0 Å². The monoisotopic (exact) mass is 359 g/mol. The van der Waals surface area contributed by atoms with Crippen LogP contribution >= 0.6 is 0 Å². The highest BCUT2D eigenvalue weighted by molar-refractivity contribution is 7.92. The molecule has 2 aromatic carbocycles. The highest BCUT2D eigenvalue weighted by atomic mass is 32.2. The maximum absolute atomic E-state index is 12.9. The molecule has 1 aliphatic heterocycles. The van der Waals surface area contributed by atoms with Crippen LogP contribution < -0.4 is 14.5 Å². The van der Waals surface area contributed by atoms with Crippen molar-refractivity contribution < 1.29 is 18.0 Å². The summed E-state index contributed by atoms with van der Waals surface area (Å²) in [4.78, 5) is 26.2. The molecule has 0 aromatic heterocycles. The Morgan fingerprint density at radius 2 is 1.88 bits per heavy atom. The molecular formula is C17H17N3O4S. The van der Waals surface area contributed by atoms with Crippen LogP contribution in [0.5, 0.6) is 0 Å². The maximum Gasteiger partial charge on any atom is 0.258 e. The summed E-state index contributed by atoms with van der Waals surface area (Å²) in [6, 6.07) is 13.3. The van der Waals surface area contributed by atoms with E-state index in [2.05, 4.69) is 5.32 Å². The number of hydrogen-bond donors (Lipinski definition) is 1. The first-order valence-electron chi connectivity index (χ1n) is 7.52. The molecule has 1 N–H and O–H groups in total. The second kappa shape index (κ2) is 6.21. The molecule has 0 aliphatic carbocycles. The number of nitrogens with zero attached hydrogens (tertiary/aromatic N) is 2. The zero-order valence-electron chi connectivity index (χ0n) is 13.8. The fourth-order valence-electron chi connectivity index (χ4n) is 2.60. The van der Waals surface area contributed by atoms with E-state index in [1.807, 2.05) is 0 Å². The van der Waals surface area contributed by atoms with Crippen molar-refractivity contribution in [2.24, 2.45) is 0 Å². The Balaban J connectivity index is 1.98. The fraction of sp³-hybridized carbons (Fsp3) is 0.176. The van der Waals surface area contributed by atoms with E-state index < -0.39 is 10.0 Å². The predicted molar refractivity (Wildman–Crippen MR) is 96.4 cm³/mol. The largest absolute Gasteiger partial charge is 0.323 e. The number of carbonyl (C=O) groups excluding carboxylic acids is 2. The second-order valence-corrected chi connectivity index (χ2v) is 7.75. The van der Waals surface area contributed by atoms with Crippen LogP contribution in [0.25, 0.3) is 0 Å². The van der Waals surface area contributed by atoms with Gasteiger partial charge in [0.25, 0.3) is 5.91 Å². The van der Waals surface area contributed by atoms with Gasteiger partial charge in [0.1, 0.15) is 6.54 Å². The molecule has 0 atom stereocenters. The molecule has 1 heterocycles. The van der Waals surface area contributed by atoms with Crippen molar-refractivity contribution in [2.45, 2.75) is 0 Å². The molecule has 25 heavy (non-hydrogen) atoms. The van der Waals surface area contributed by atoms with Gasteiger partial charge in [-0.25, -0.2) is 8.42 Å². The van der Waals surface area contributed by atoms with Crippen LogP contribution in [0.15, 0.2) is 48.5 Å². The Hall–Kier alpha value is -2.87. The van der Waals surface area contributed by atoms with Crippen LogP contribution in [0.3, 0.4) is 0 Å². The van der Waals surface area contributed by atoms with E-state index >= 15 is 0 Å². The van der Waals surface area contributed by atoms with Gasteiger partial charge in [0.15, 0.2) is 0 Å². The fourth-order valence-corrected chi connectivity index (χ4v) is 3.09. The molecule has 0 spiro atoms. The van der Waals surface area contributed by atoms with E-state index in [0.29, 0.717) is 22.6 Å². The normalized spacial score (nSPS) is 13.8. The molecular weight excluding hydrogens is 342 g/mol. The number of hydrogen-bond acceptors (Lipinski definition) is 4. The molecule has 2 aromatic rings. The summed E-state index contributed by atoms with van der Waals surface area (Å²) in [6.07, 6.45) is 1.09. The molecule has 3 rings (SSSR count). The summed E-state index contributed by atoms with van der Waals surface area (Å²) in [7, 11) is -2.02. The van der Waals surface area contributed by atoms with Crippen LogP contribution in [0.1, 0.15) is 10.4 Å². The summed E-state index contributed by atoms with van der Waals surface area (Å²) in [5.41, 5.74) is 1.85. The van der Waals surface area contributed by atoms with E-state index in [0.717, 1.165) is 10.6 Å². The molecule has 0 fully saturated rings. The Morgan fingerprint density at radius 3 is 2.60 bits per heavy atom. The van der Waals surface area contributed by atoms with Crippen molar-refractivity contribution in [3.8, 4) is 0 Å². The third kappa shape index (κ3) is 3.34. The number of nitrogens with one attached hydrogen (secondary N) is 1. The quantitative estimate of drug-likeness (QED) is 0.903. The van der Waals surface area contributed by atoms with Crippen LogP contribution in [0.2, 0.25) is 0 Å². The minimum absolute atomic E-state index is 0.0952. The van der Waals surface area contributed by atoms with Gasteiger partial charge in [-0.15, -0.1) is 0 Å². The third-order valence-corrected chi connectivity index (χ3v) is 5.18. The summed E-state index contributed by atoms with van der Waals surface area (Å²) in [5, 5.41) is 2.73. The number of fused-ring (bicyclic) bond motifs is 1. The molecule has 7 nitrogen and oxygen atoms in total. The van der Waals surface area contributed by atoms with Crippen molar-refractivity contribution in [3.05, 3.63) is 54.1 Å². The first kappa shape index (κ1) is 17.0. The van der Waals surface area contributed by atoms with Crippen LogP contribution in [-0.4, -0.2) is 40.1 Å². The molecule has 0 unspecified atom stereocenters. The van der Waals surface area contributed by atoms with E-state index in [1.165, 1.54) is 18.0 Å². The SMILES string of the molecule is CN(c1cccc(C(=O)N2CC(=O)Nc3ccccc32)c1)S(C)(=O)=O. The Bertz CT molecular complexity index is 956. The Morgan fingerprint density at radius 1 is 1.16 bits per heavy atom. The van der Waals surface area contributed by atoms with Crippen molar-refractivity contribution in [1.29, 1.82) is 0 Å². The number of benzene rings is 2. The number of para-hydroxylation sites is 2. The molecule has 0 bridgehead atoms. The van der Waals surface area contributed by atoms with Gasteiger partial charge in [-0.05, 0) is 30.3 Å². The van der Waals surface area contributed by atoms with Crippen molar-refractivity contribution in [1.82, 2.24) is 0 Å². The topological polar surface area (TPSA) is 86.8 Å². The first-order valence-corrected chi connectivity index (χ1v) is 9.37. The second-order valence-electron chi connectivity index (χ2n) is 5.74. The summed E-state index contributed by atoms with van der Waals surface area (Å²) >= 11 is 0.